The zero-order valence-corrected chi connectivity index (χ0v) is 17.1. The molecule has 0 radical (unpaired) electrons. The van der Waals surface area contributed by atoms with E-state index in [0.717, 1.165) is 38.7 Å². The van der Waals surface area contributed by atoms with Crippen molar-refractivity contribution in [3.8, 4) is 0 Å². The van der Waals surface area contributed by atoms with Gasteiger partial charge >= 0.3 is 0 Å². The highest BCUT2D eigenvalue weighted by molar-refractivity contribution is 14.0. The highest BCUT2D eigenvalue weighted by atomic mass is 127. The fraction of sp³-hybridized carbons (Fsp3) is 0.938. The van der Waals surface area contributed by atoms with Crippen molar-refractivity contribution in [1.82, 2.24) is 15.5 Å². The molecule has 0 aromatic carbocycles. The number of hydrogen-bond acceptors (Lipinski definition) is 3. The van der Waals surface area contributed by atoms with Crippen LogP contribution in [0.15, 0.2) is 4.99 Å². The van der Waals surface area contributed by atoms with Gasteiger partial charge in [0.2, 0.25) is 0 Å². The van der Waals surface area contributed by atoms with E-state index in [1.54, 1.807) is 0 Å². The van der Waals surface area contributed by atoms with Gasteiger partial charge in [0, 0.05) is 38.9 Å². The summed E-state index contributed by atoms with van der Waals surface area (Å²) >= 11 is 0. The van der Waals surface area contributed by atoms with Gasteiger partial charge in [-0.2, -0.15) is 0 Å². The maximum atomic E-state index is 5.34. The first-order chi connectivity index (χ1) is 10.1. The van der Waals surface area contributed by atoms with Crippen molar-refractivity contribution in [3.05, 3.63) is 0 Å². The van der Waals surface area contributed by atoms with Crippen molar-refractivity contribution in [3.63, 3.8) is 0 Å². The topological polar surface area (TPSA) is 48.9 Å². The highest BCUT2D eigenvalue weighted by Gasteiger charge is 2.27. The summed E-state index contributed by atoms with van der Waals surface area (Å²) in [6.07, 6.45) is 5.04. The van der Waals surface area contributed by atoms with Crippen molar-refractivity contribution >= 4 is 29.9 Å². The van der Waals surface area contributed by atoms with Crippen LogP contribution < -0.4 is 10.6 Å². The molecule has 0 spiro atoms. The summed E-state index contributed by atoms with van der Waals surface area (Å²) in [5, 5.41) is 6.80. The number of nitrogens with one attached hydrogen (secondary N) is 2. The van der Waals surface area contributed by atoms with Crippen LogP contribution >= 0.6 is 24.0 Å². The van der Waals surface area contributed by atoms with Crippen molar-refractivity contribution in [2.24, 2.45) is 4.99 Å². The predicted octanol–water partition coefficient (Wildman–Crippen LogP) is 2.46. The van der Waals surface area contributed by atoms with Crippen molar-refractivity contribution in [2.75, 3.05) is 46.4 Å². The number of aliphatic imine (C=N–C) groups is 1. The third kappa shape index (κ3) is 8.53. The second-order valence-electron chi connectivity index (χ2n) is 6.26. The number of guanidine groups is 1. The SMILES string of the molecule is CCOCCCNC(=NC)NCC(C)(C)N1CCCCC1.I. The number of likely N-dealkylation sites (tertiary alicyclic amines) is 1. The molecule has 1 aliphatic rings. The van der Waals surface area contributed by atoms with E-state index in [2.05, 4.69) is 34.4 Å². The lowest BCUT2D eigenvalue weighted by molar-refractivity contribution is 0.0982. The van der Waals surface area contributed by atoms with E-state index in [1.807, 2.05) is 14.0 Å². The quantitative estimate of drug-likeness (QED) is 0.271. The molecule has 1 fully saturated rings. The molecule has 0 aromatic rings. The predicted molar refractivity (Wildman–Crippen MR) is 105 cm³/mol. The molecule has 1 saturated heterocycles. The number of ether oxygens (including phenoxy) is 1. The molecule has 6 heteroatoms. The molecule has 1 heterocycles. The molecule has 22 heavy (non-hydrogen) atoms. The van der Waals surface area contributed by atoms with Gasteiger partial charge in [0.1, 0.15) is 0 Å². The third-order valence-electron chi connectivity index (χ3n) is 4.09. The molecule has 0 unspecified atom stereocenters. The fourth-order valence-corrected chi connectivity index (χ4v) is 2.66. The van der Waals surface area contributed by atoms with Crippen LogP contribution in [-0.2, 0) is 4.74 Å². The molecule has 0 saturated carbocycles. The second kappa shape index (κ2) is 12.4. The van der Waals surface area contributed by atoms with E-state index in [0.29, 0.717) is 0 Å². The molecular formula is C16H35IN4O. The molecule has 0 amide bonds. The Morgan fingerprint density at radius 1 is 1.18 bits per heavy atom. The van der Waals surface area contributed by atoms with Crippen molar-refractivity contribution in [2.45, 2.75) is 52.0 Å². The molecule has 0 aliphatic carbocycles. The minimum Gasteiger partial charge on any atom is -0.382 e. The zero-order chi connectivity index (χ0) is 15.6. The monoisotopic (exact) mass is 426 g/mol. The summed E-state index contributed by atoms with van der Waals surface area (Å²) in [5.41, 5.74) is 0.170. The lowest BCUT2D eigenvalue weighted by atomic mass is 9.98. The fourth-order valence-electron chi connectivity index (χ4n) is 2.66. The molecule has 0 atom stereocenters. The Morgan fingerprint density at radius 2 is 1.86 bits per heavy atom. The van der Waals surface area contributed by atoms with Crippen LogP contribution in [0.3, 0.4) is 0 Å². The Bertz CT molecular complexity index is 305. The minimum atomic E-state index is 0. The Kier molecular flexibility index (Phi) is 12.3. The van der Waals surface area contributed by atoms with Gasteiger partial charge in [0.05, 0.1) is 0 Å². The summed E-state index contributed by atoms with van der Waals surface area (Å²) in [6.45, 7) is 12.5. The Hall–Kier alpha value is -0.0800. The van der Waals surface area contributed by atoms with Crippen LogP contribution in [-0.4, -0.2) is 62.8 Å². The Labute approximate surface area is 153 Å². The zero-order valence-electron chi connectivity index (χ0n) is 14.8. The van der Waals surface area contributed by atoms with Gasteiger partial charge < -0.3 is 15.4 Å². The molecule has 5 nitrogen and oxygen atoms in total. The number of hydrogen-bond donors (Lipinski definition) is 2. The molecule has 2 N–H and O–H groups in total. The first-order valence-electron chi connectivity index (χ1n) is 8.37. The van der Waals surface area contributed by atoms with E-state index in [1.165, 1.54) is 32.4 Å². The molecule has 0 aromatic heterocycles. The summed E-state index contributed by atoms with van der Waals surface area (Å²) < 4.78 is 5.34. The largest absolute Gasteiger partial charge is 0.382 e. The van der Waals surface area contributed by atoms with Crippen molar-refractivity contribution in [1.29, 1.82) is 0 Å². The van der Waals surface area contributed by atoms with Crippen LogP contribution in [0, 0.1) is 0 Å². The van der Waals surface area contributed by atoms with Gasteiger partial charge in [0.15, 0.2) is 5.96 Å². The first-order valence-corrected chi connectivity index (χ1v) is 8.37. The highest BCUT2D eigenvalue weighted by Crippen LogP contribution is 2.19. The minimum absolute atomic E-state index is 0. The second-order valence-corrected chi connectivity index (χ2v) is 6.26. The average molecular weight is 426 g/mol. The van der Waals surface area contributed by atoms with Crippen LogP contribution in [0.2, 0.25) is 0 Å². The summed E-state index contributed by atoms with van der Waals surface area (Å²) in [6, 6.07) is 0. The van der Waals surface area contributed by atoms with Gasteiger partial charge in [-0.25, -0.2) is 0 Å². The van der Waals surface area contributed by atoms with E-state index in [9.17, 15) is 0 Å². The number of rotatable bonds is 8. The third-order valence-corrected chi connectivity index (χ3v) is 4.09. The van der Waals surface area contributed by atoms with Crippen LogP contribution in [0.4, 0.5) is 0 Å². The van der Waals surface area contributed by atoms with E-state index in [4.69, 9.17) is 4.74 Å². The smallest absolute Gasteiger partial charge is 0.191 e. The maximum Gasteiger partial charge on any atom is 0.191 e. The van der Waals surface area contributed by atoms with Crippen LogP contribution in [0.5, 0.6) is 0 Å². The van der Waals surface area contributed by atoms with Gasteiger partial charge in [-0.05, 0) is 53.1 Å². The Morgan fingerprint density at radius 3 is 2.45 bits per heavy atom. The van der Waals surface area contributed by atoms with Gasteiger partial charge in [0.25, 0.3) is 0 Å². The van der Waals surface area contributed by atoms with E-state index < -0.39 is 0 Å². The van der Waals surface area contributed by atoms with E-state index >= 15 is 0 Å². The Balaban J connectivity index is 0.00000441. The van der Waals surface area contributed by atoms with Crippen LogP contribution in [0.1, 0.15) is 46.5 Å². The standard InChI is InChI=1S/C16H34N4O.HI/c1-5-21-13-9-10-18-15(17-4)19-14-16(2,3)20-11-7-6-8-12-20;/h5-14H2,1-4H3,(H2,17,18,19);1H. The molecule has 132 valence electrons. The summed E-state index contributed by atoms with van der Waals surface area (Å²) in [4.78, 5) is 6.88. The maximum absolute atomic E-state index is 5.34. The molecule has 1 aliphatic heterocycles. The number of nitrogens with zero attached hydrogens (tertiary/aromatic N) is 2. The lowest BCUT2D eigenvalue weighted by Gasteiger charge is -2.41. The molecule has 0 bridgehead atoms. The van der Waals surface area contributed by atoms with Gasteiger partial charge in [-0.15, -0.1) is 24.0 Å². The number of piperidine rings is 1. The van der Waals surface area contributed by atoms with Crippen LogP contribution in [0.25, 0.3) is 0 Å². The molecule has 1 rings (SSSR count). The normalized spacial score (nSPS) is 17.0. The molecular weight excluding hydrogens is 391 g/mol. The summed E-state index contributed by atoms with van der Waals surface area (Å²) in [7, 11) is 1.83. The first kappa shape index (κ1) is 21.9. The average Bonchev–Trinajstić information content (AvgIpc) is 2.51. The van der Waals surface area contributed by atoms with E-state index in [-0.39, 0.29) is 29.5 Å². The van der Waals surface area contributed by atoms with Crippen molar-refractivity contribution < 1.29 is 4.74 Å². The summed E-state index contributed by atoms with van der Waals surface area (Å²) in [5.74, 6) is 0.886. The van der Waals surface area contributed by atoms with Gasteiger partial charge in [-0.1, -0.05) is 6.42 Å². The number of halogens is 1. The lowest BCUT2D eigenvalue weighted by Crippen LogP contribution is -2.54. The van der Waals surface area contributed by atoms with Gasteiger partial charge in [-0.3, -0.25) is 9.89 Å².